The summed E-state index contributed by atoms with van der Waals surface area (Å²) in [5.74, 6) is 0.697. The predicted octanol–water partition coefficient (Wildman–Crippen LogP) is 3.48. The van der Waals surface area contributed by atoms with Crippen molar-refractivity contribution in [2.75, 3.05) is 5.32 Å². The van der Waals surface area contributed by atoms with Crippen LogP contribution in [-0.4, -0.2) is 5.91 Å². The highest BCUT2D eigenvalue weighted by atomic mass is 32.1. The van der Waals surface area contributed by atoms with Crippen LogP contribution in [-0.2, 0) is 17.6 Å². The molecular formula is C14H18N2OS. The predicted molar refractivity (Wildman–Crippen MR) is 73.8 cm³/mol. The van der Waals surface area contributed by atoms with Crippen LogP contribution in [0.15, 0.2) is 0 Å². The smallest absolute Gasteiger partial charge is 0.224 e. The Labute approximate surface area is 112 Å². The molecule has 96 valence electrons. The monoisotopic (exact) mass is 262 g/mol. The third-order valence-electron chi connectivity index (χ3n) is 3.35. The molecule has 2 rings (SSSR count). The Morgan fingerprint density at radius 2 is 2.39 bits per heavy atom. The summed E-state index contributed by atoms with van der Waals surface area (Å²) in [6, 6.07) is 2.26. The van der Waals surface area contributed by atoms with Crippen molar-refractivity contribution in [3.63, 3.8) is 0 Å². The largest absolute Gasteiger partial charge is 0.317 e. The minimum Gasteiger partial charge on any atom is -0.317 e. The highest BCUT2D eigenvalue weighted by Gasteiger charge is 2.24. The van der Waals surface area contributed by atoms with E-state index in [9.17, 15) is 10.1 Å². The number of carbonyl (C=O) groups excluding carboxylic acids is 1. The molecule has 0 saturated carbocycles. The van der Waals surface area contributed by atoms with Crippen LogP contribution in [0.4, 0.5) is 5.00 Å². The molecule has 1 aromatic heterocycles. The van der Waals surface area contributed by atoms with E-state index >= 15 is 0 Å². The van der Waals surface area contributed by atoms with Crippen LogP contribution in [0.3, 0.4) is 0 Å². The van der Waals surface area contributed by atoms with Crippen molar-refractivity contribution >= 4 is 22.2 Å². The van der Waals surface area contributed by atoms with Crippen LogP contribution in [0.25, 0.3) is 0 Å². The molecule has 4 heteroatoms. The van der Waals surface area contributed by atoms with Crippen molar-refractivity contribution in [1.82, 2.24) is 0 Å². The van der Waals surface area contributed by atoms with E-state index in [-0.39, 0.29) is 5.91 Å². The summed E-state index contributed by atoms with van der Waals surface area (Å²) >= 11 is 1.59. The number of amides is 1. The molecule has 1 aromatic rings. The second-order valence-corrected chi connectivity index (χ2v) is 6.07. The van der Waals surface area contributed by atoms with Gasteiger partial charge in [0.1, 0.15) is 11.1 Å². The number of thiophene rings is 1. The number of fused-ring (bicyclic) bond motifs is 1. The average molecular weight is 262 g/mol. The highest BCUT2D eigenvalue weighted by Crippen LogP contribution is 2.39. The molecule has 1 amide bonds. The number of nitrogens with zero attached hydrogens (tertiary/aromatic N) is 1. The van der Waals surface area contributed by atoms with E-state index < -0.39 is 0 Å². The van der Waals surface area contributed by atoms with Gasteiger partial charge in [-0.1, -0.05) is 13.8 Å². The lowest BCUT2D eigenvalue weighted by Gasteiger charge is -2.17. The zero-order chi connectivity index (χ0) is 13.1. The molecule has 0 spiro atoms. The first kappa shape index (κ1) is 13.1. The third-order valence-corrected chi connectivity index (χ3v) is 4.52. The molecular weight excluding hydrogens is 244 g/mol. The van der Waals surface area contributed by atoms with Crippen molar-refractivity contribution in [3.05, 3.63) is 16.0 Å². The number of nitriles is 1. The molecule has 0 saturated heterocycles. The summed E-state index contributed by atoms with van der Waals surface area (Å²) in [7, 11) is 0. The van der Waals surface area contributed by atoms with Gasteiger partial charge in [-0.15, -0.1) is 11.3 Å². The fourth-order valence-corrected chi connectivity index (χ4v) is 3.75. The second kappa shape index (κ2) is 5.53. The van der Waals surface area contributed by atoms with E-state index in [1.807, 2.05) is 6.92 Å². The van der Waals surface area contributed by atoms with Crippen molar-refractivity contribution in [2.45, 2.75) is 46.0 Å². The average Bonchev–Trinajstić information content (AvgIpc) is 2.65. The number of carbonyl (C=O) groups is 1. The van der Waals surface area contributed by atoms with Gasteiger partial charge in [-0.2, -0.15) is 5.26 Å². The lowest BCUT2D eigenvalue weighted by molar-refractivity contribution is -0.116. The zero-order valence-electron chi connectivity index (χ0n) is 10.9. The first-order valence-corrected chi connectivity index (χ1v) is 7.31. The van der Waals surface area contributed by atoms with Gasteiger partial charge < -0.3 is 5.32 Å². The SMILES string of the molecule is CCCC(=O)Nc1sc2c(c1C#N)CCC(C)C2. The first-order chi connectivity index (χ1) is 8.65. The molecule has 1 atom stereocenters. The number of hydrogen-bond donors (Lipinski definition) is 1. The van der Waals surface area contributed by atoms with Gasteiger partial charge in [0.15, 0.2) is 0 Å². The highest BCUT2D eigenvalue weighted by molar-refractivity contribution is 7.16. The van der Waals surface area contributed by atoms with Gasteiger partial charge in [0.05, 0.1) is 5.56 Å². The zero-order valence-corrected chi connectivity index (χ0v) is 11.7. The van der Waals surface area contributed by atoms with Crippen molar-refractivity contribution in [1.29, 1.82) is 5.26 Å². The quantitative estimate of drug-likeness (QED) is 0.906. The molecule has 1 aliphatic rings. The fraction of sp³-hybridized carbons (Fsp3) is 0.571. The molecule has 0 aromatic carbocycles. The molecule has 1 N–H and O–H groups in total. The maximum Gasteiger partial charge on any atom is 0.224 e. The summed E-state index contributed by atoms with van der Waals surface area (Å²) < 4.78 is 0. The summed E-state index contributed by atoms with van der Waals surface area (Å²) in [5.41, 5.74) is 1.87. The van der Waals surface area contributed by atoms with Gasteiger partial charge in [-0.25, -0.2) is 0 Å². The normalized spacial score (nSPS) is 17.9. The van der Waals surface area contributed by atoms with Gasteiger partial charge in [-0.3, -0.25) is 4.79 Å². The van der Waals surface area contributed by atoms with Gasteiger partial charge >= 0.3 is 0 Å². The van der Waals surface area contributed by atoms with Crippen LogP contribution in [0.1, 0.15) is 49.1 Å². The number of hydrogen-bond acceptors (Lipinski definition) is 3. The first-order valence-electron chi connectivity index (χ1n) is 6.50. The Bertz CT molecular complexity index is 499. The fourth-order valence-electron chi connectivity index (χ4n) is 2.37. The van der Waals surface area contributed by atoms with Crippen LogP contribution in [0.5, 0.6) is 0 Å². The molecule has 0 aliphatic heterocycles. The van der Waals surface area contributed by atoms with Crippen molar-refractivity contribution in [3.8, 4) is 6.07 Å². The van der Waals surface area contributed by atoms with E-state index in [4.69, 9.17) is 0 Å². The Kier molecular flexibility index (Phi) is 4.03. The van der Waals surface area contributed by atoms with Gasteiger partial charge in [0.2, 0.25) is 5.91 Å². The van der Waals surface area contributed by atoms with E-state index in [0.29, 0.717) is 17.9 Å². The molecule has 0 radical (unpaired) electrons. The number of rotatable bonds is 3. The number of nitrogens with one attached hydrogen (secondary N) is 1. The summed E-state index contributed by atoms with van der Waals surface area (Å²) in [6.07, 6.45) is 4.50. The topological polar surface area (TPSA) is 52.9 Å². The van der Waals surface area contributed by atoms with Crippen LogP contribution < -0.4 is 5.32 Å². The molecule has 3 nitrogen and oxygen atoms in total. The Hall–Kier alpha value is -1.34. The van der Waals surface area contributed by atoms with E-state index in [1.54, 1.807) is 11.3 Å². The van der Waals surface area contributed by atoms with Gasteiger partial charge in [0, 0.05) is 11.3 Å². The molecule has 0 bridgehead atoms. The standard InChI is InChI=1S/C14H18N2OS/c1-3-4-13(17)16-14-11(8-15)10-6-5-9(2)7-12(10)18-14/h9H,3-7H2,1-2H3,(H,16,17). The lowest BCUT2D eigenvalue weighted by Crippen LogP contribution is -2.11. The van der Waals surface area contributed by atoms with E-state index in [2.05, 4.69) is 18.3 Å². The molecule has 1 heterocycles. The summed E-state index contributed by atoms with van der Waals surface area (Å²) in [6.45, 7) is 4.22. The summed E-state index contributed by atoms with van der Waals surface area (Å²) in [5, 5.41) is 12.9. The third kappa shape index (κ3) is 2.56. The minimum atomic E-state index is 0.0145. The van der Waals surface area contributed by atoms with Crippen LogP contribution in [0, 0.1) is 17.2 Å². The Morgan fingerprint density at radius 1 is 1.61 bits per heavy atom. The molecule has 18 heavy (non-hydrogen) atoms. The van der Waals surface area contributed by atoms with Crippen LogP contribution >= 0.6 is 11.3 Å². The van der Waals surface area contributed by atoms with Crippen LogP contribution in [0.2, 0.25) is 0 Å². The lowest BCUT2D eigenvalue weighted by atomic mass is 9.89. The van der Waals surface area contributed by atoms with Gasteiger partial charge in [-0.05, 0) is 37.2 Å². The Morgan fingerprint density at radius 3 is 3.06 bits per heavy atom. The second-order valence-electron chi connectivity index (χ2n) is 4.97. The molecule has 0 fully saturated rings. The van der Waals surface area contributed by atoms with E-state index in [0.717, 1.165) is 30.7 Å². The molecule has 1 aliphatic carbocycles. The maximum absolute atomic E-state index is 11.6. The van der Waals surface area contributed by atoms with Crippen molar-refractivity contribution in [2.24, 2.45) is 5.92 Å². The van der Waals surface area contributed by atoms with E-state index in [1.165, 1.54) is 10.4 Å². The Balaban J connectivity index is 2.26. The maximum atomic E-state index is 11.6. The number of anilines is 1. The minimum absolute atomic E-state index is 0.0145. The van der Waals surface area contributed by atoms with Crippen molar-refractivity contribution < 1.29 is 4.79 Å². The molecule has 1 unspecified atom stereocenters. The summed E-state index contributed by atoms with van der Waals surface area (Å²) in [4.78, 5) is 12.9. The van der Waals surface area contributed by atoms with Gasteiger partial charge in [0.25, 0.3) is 0 Å².